The number of rotatable bonds is 2. The maximum atomic E-state index is 12.5. The van der Waals surface area contributed by atoms with Crippen LogP contribution in [0.3, 0.4) is 0 Å². The molecule has 0 bridgehead atoms. The summed E-state index contributed by atoms with van der Waals surface area (Å²) in [6.45, 7) is 3.32. The summed E-state index contributed by atoms with van der Waals surface area (Å²) < 4.78 is 0. The van der Waals surface area contributed by atoms with Crippen molar-refractivity contribution in [2.75, 3.05) is 26.2 Å². The number of hydrogen-bond acceptors (Lipinski definition) is 3. The third-order valence-corrected chi connectivity index (χ3v) is 6.79. The molecule has 4 rings (SSSR count). The van der Waals surface area contributed by atoms with Crippen LogP contribution in [0.25, 0.3) is 0 Å². The number of carbonyl (C=O) groups is 2. The average molecular weight is 335 g/mol. The minimum Gasteiger partial charge on any atom is -0.465 e. The van der Waals surface area contributed by atoms with Gasteiger partial charge in [0.1, 0.15) is 0 Å². The van der Waals surface area contributed by atoms with E-state index >= 15 is 0 Å². The fraction of sp³-hybridized carbons (Fsp3) is 0.889. The highest BCUT2D eigenvalue weighted by molar-refractivity contribution is 5.79. The second kappa shape index (κ2) is 6.54. The number of amides is 2. The fourth-order valence-electron chi connectivity index (χ4n) is 5.52. The monoisotopic (exact) mass is 335 g/mol. The SMILES string of the molecule is O=C(O)N1CCC(N2CCC(N3C(=O)C[C@H]4CCCC[C@@H]43)CC2)C1. The summed E-state index contributed by atoms with van der Waals surface area (Å²) in [6.07, 6.45) is 8.05. The third kappa shape index (κ3) is 2.89. The van der Waals surface area contributed by atoms with Gasteiger partial charge in [-0.1, -0.05) is 12.8 Å². The molecule has 3 aliphatic heterocycles. The molecule has 1 N–H and O–H groups in total. The molecule has 6 nitrogen and oxygen atoms in total. The minimum absolute atomic E-state index is 0.374. The predicted octanol–water partition coefficient (Wildman–Crippen LogP) is 1.99. The van der Waals surface area contributed by atoms with E-state index in [9.17, 15) is 9.59 Å². The molecule has 0 spiro atoms. The zero-order valence-corrected chi connectivity index (χ0v) is 14.4. The van der Waals surface area contributed by atoms with E-state index in [1.165, 1.54) is 30.6 Å². The van der Waals surface area contributed by atoms with E-state index < -0.39 is 6.09 Å². The molecule has 24 heavy (non-hydrogen) atoms. The Balaban J connectivity index is 1.33. The number of likely N-dealkylation sites (tertiary alicyclic amines) is 3. The zero-order chi connectivity index (χ0) is 16.7. The third-order valence-electron chi connectivity index (χ3n) is 6.79. The molecule has 1 unspecified atom stereocenters. The van der Waals surface area contributed by atoms with E-state index in [-0.39, 0.29) is 0 Å². The van der Waals surface area contributed by atoms with E-state index in [2.05, 4.69) is 9.80 Å². The van der Waals surface area contributed by atoms with E-state index in [4.69, 9.17) is 5.11 Å². The van der Waals surface area contributed by atoms with Crippen LogP contribution in [0.15, 0.2) is 0 Å². The van der Waals surface area contributed by atoms with Crippen molar-refractivity contribution in [2.45, 2.75) is 69.5 Å². The van der Waals surface area contributed by atoms with Gasteiger partial charge < -0.3 is 14.9 Å². The maximum Gasteiger partial charge on any atom is 0.407 e. The molecule has 0 aromatic carbocycles. The van der Waals surface area contributed by atoms with Gasteiger partial charge in [-0.05, 0) is 38.0 Å². The number of nitrogens with zero attached hydrogens (tertiary/aromatic N) is 3. The summed E-state index contributed by atoms with van der Waals surface area (Å²) in [6, 6.07) is 1.30. The van der Waals surface area contributed by atoms with Crippen molar-refractivity contribution in [3.63, 3.8) is 0 Å². The normalized spacial score (nSPS) is 35.5. The molecule has 3 atom stereocenters. The molecule has 3 heterocycles. The summed E-state index contributed by atoms with van der Waals surface area (Å²) in [5.41, 5.74) is 0. The van der Waals surface area contributed by atoms with Crippen LogP contribution in [0.1, 0.15) is 51.4 Å². The number of piperidine rings is 1. The number of hydrogen-bond donors (Lipinski definition) is 1. The second-order valence-electron chi connectivity index (χ2n) is 8.06. The summed E-state index contributed by atoms with van der Waals surface area (Å²) in [5, 5.41) is 9.12. The standard InChI is InChI=1S/C18H29N3O3/c22-17-11-13-3-1-2-4-16(13)21(17)14-5-8-19(9-6-14)15-7-10-20(12-15)18(23)24/h13-16H,1-12H2,(H,23,24)/t13-,15?,16+/m1/s1. The van der Waals surface area contributed by atoms with Gasteiger partial charge in [-0.2, -0.15) is 0 Å². The molecule has 3 saturated heterocycles. The summed E-state index contributed by atoms with van der Waals surface area (Å²) in [5.74, 6) is 1.01. The van der Waals surface area contributed by atoms with Crippen LogP contribution in [0.4, 0.5) is 4.79 Å². The van der Waals surface area contributed by atoms with Crippen LogP contribution in [0.5, 0.6) is 0 Å². The molecule has 0 radical (unpaired) electrons. The fourth-order valence-corrected chi connectivity index (χ4v) is 5.52. The van der Waals surface area contributed by atoms with Gasteiger partial charge in [-0.15, -0.1) is 0 Å². The highest BCUT2D eigenvalue weighted by atomic mass is 16.4. The first-order valence-corrected chi connectivity index (χ1v) is 9.66. The summed E-state index contributed by atoms with van der Waals surface area (Å²) in [4.78, 5) is 29.9. The van der Waals surface area contributed by atoms with Crippen LogP contribution in [-0.4, -0.2) is 76.1 Å². The molecular weight excluding hydrogens is 306 g/mol. The van der Waals surface area contributed by atoms with Crippen LogP contribution < -0.4 is 0 Å². The Labute approximate surface area is 143 Å². The van der Waals surface area contributed by atoms with E-state index in [0.717, 1.165) is 38.8 Å². The highest BCUT2D eigenvalue weighted by Gasteiger charge is 2.44. The number of fused-ring (bicyclic) bond motifs is 1. The average Bonchev–Trinajstić information content (AvgIpc) is 3.19. The van der Waals surface area contributed by atoms with Crippen LogP contribution in [0, 0.1) is 5.92 Å². The molecule has 134 valence electrons. The van der Waals surface area contributed by atoms with Gasteiger partial charge in [-0.3, -0.25) is 9.69 Å². The number of carboxylic acid groups (broad SMARTS) is 1. The Morgan fingerprint density at radius 2 is 1.67 bits per heavy atom. The van der Waals surface area contributed by atoms with Crippen LogP contribution >= 0.6 is 0 Å². The Morgan fingerprint density at radius 1 is 0.958 bits per heavy atom. The van der Waals surface area contributed by atoms with Crippen molar-refractivity contribution in [2.24, 2.45) is 5.92 Å². The smallest absolute Gasteiger partial charge is 0.407 e. The molecule has 1 aliphatic carbocycles. The lowest BCUT2D eigenvalue weighted by Crippen LogP contribution is -2.51. The topological polar surface area (TPSA) is 64.1 Å². The first-order chi connectivity index (χ1) is 11.6. The molecule has 6 heteroatoms. The Kier molecular flexibility index (Phi) is 4.41. The van der Waals surface area contributed by atoms with Gasteiger partial charge >= 0.3 is 6.09 Å². The zero-order valence-electron chi connectivity index (χ0n) is 14.4. The van der Waals surface area contributed by atoms with Crippen molar-refractivity contribution in [3.8, 4) is 0 Å². The maximum absolute atomic E-state index is 12.5. The molecule has 0 aromatic rings. The second-order valence-corrected chi connectivity index (χ2v) is 8.06. The molecule has 4 fully saturated rings. The van der Waals surface area contributed by atoms with Gasteiger partial charge in [0.05, 0.1) is 0 Å². The lowest BCUT2D eigenvalue weighted by molar-refractivity contribution is -0.132. The first-order valence-electron chi connectivity index (χ1n) is 9.66. The minimum atomic E-state index is -0.793. The first kappa shape index (κ1) is 16.2. The van der Waals surface area contributed by atoms with Gasteiger partial charge in [-0.25, -0.2) is 4.79 Å². The Bertz CT molecular complexity index is 504. The quantitative estimate of drug-likeness (QED) is 0.838. The highest BCUT2D eigenvalue weighted by Crippen LogP contribution is 2.39. The van der Waals surface area contributed by atoms with Crippen molar-refractivity contribution >= 4 is 12.0 Å². The molecule has 4 aliphatic rings. The van der Waals surface area contributed by atoms with Gasteiger partial charge in [0.15, 0.2) is 0 Å². The van der Waals surface area contributed by atoms with Crippen LogP contribution in [0.2, 0.25) is 0 Å². The van der Waals surface area contributed by atoms with Crippen molar-refractivity contribution in [1.82, 2.24) is 14.7 Å². The van der Waals surface area contributed by atoms with E-state index in [0.29, 0.717) is 43.0 Å². The Hall–Kier alpha value is -1.30. The van der Waals surface area contributed by atoms with Crippen molar-refractivity contribution in [3.05, 3.63) is 0 Å². The molecule has 1 saturated carbocycles. The van der Waals surface area contributed by atoms with Crippen molar-refractivity contribution < 1.29 is 14.7 Å². The number of carbonyl (C=O) groups excluding carboxylic acids is 1. The predicted molar refractivity (Wildman–Crippen MR) is 89.8 cm³/mol. The molecule has 0 aromatic heterocycles. The lowest BCUT2D eigenvalue weighted by atomic mass is 9.84. The van der Waals surface area contributed by atoms with Crippen LogP contribution in [-0.2, 0) is 4.79 Å². The van der Waals surface area contributed by atoms with Gasteiger partial charge in [0.2, 0.25) is 5.91 Å². The Morgan fingerprint density at radius 3 is 2.38 bits per heavy atom. The summed E-state index contributed by atoms with van der Waals surface area (Å²) in [7, 11) is 0. The van der Waals surface area contributed by atoms with E-state index in [1.54, 1.807) is 0 Å². The van der Waals surface area contributed by atoms with E-state index in [1.807, 2.05) is 0 Å². The van der Waals surface area contributed by atoms with Crippen molar-refractivity contribution in [1.29, 1.82) is 0 Å². The van der Waals surface area contributed by atoms with Gasteiger partial charge in [0.25, 0.3) is 0 Å². The summed E-state index contributed by atoms with van der Waals surface area (Å²) >= 11 is 0. The van der Waals surface area contributed by atoms with Gasteiger partial charge in [0, 0.05) is 50.7 Å². The lowest BCUT2D eigenvalue weighted by Gasteiger charge is -2.42. The largest absolute Gasteiger partial charge is 0.465 e. The molecular formula is C18H29N3O3. The molecule has 2 amide bonds.